The molecule has 3 nitrogen and oxygen atoms in total. The molecule has 0 fully saturated rings. The van der Waals surface area contributed by atoms with Gasteiger partial charge < -0.3 is 0 Å². The molecule has 0 aliphatic heterocycles. The third-order valence-corrected chi connectivity index (χ3v) is 1.96. The maximum Gasteiger partial charge on any atom is 0.433 e. The molecule has 2 aromatic rings. The van der Waals surface area contributed by atoms with E-state index in [2.05, 4.69) is 16.1 Å². The minimum Gasteiger partial charge on any atom is -0.268 e. The molecule has 0 aromatic carbocycles. The Morgan fingerprint density at radius 1 is 1.31 bits per heavy atom. The topological polar surface area (TPSA) is 30.7 Å². The highest BCUT2D eigenvalue weighted by Crippen LogP contribution is 2.27. The second-order valence-corrected chi connectivity index (χ2v) is 3.19. The van der Waals surface area contributed by atoms with Crippen LogP contribution in [0.5, 0.6) is 0 Å². The van der Waals surface area contributed by atoms with Crippen LogP contribution in [0.2, 0.25) is 0 Å². The molecule has 0 N–H and O–H groups in total. The Hall–Kier alpha value is -1.85. The summed E-state index contributed by atoms with van der Waals surface area (Å²) in [5, 5.41) is 3.89. The first kappa shape index (κ1) is 10.7. The molecule has 1 radical (unpaired) electrons. The SMILES string of the molecule is FC(F)(F)c1ccc(Cn2c[c]cn2)cn1. The fourth-order valence-electron chi connectivity index (χ4n) is 1.22. The van der Waals surface area contributed by atoms with Gasteiger partial charge in [-0.15, -0.1) is 0 Å². The number of hydrogen-bond acceptors (Lipinski definition) is 2. The fraction of sp³-hybridized carbons (Fsp3) is 0.200. The molecule has 0 atom stereocenters. The van der Waals surface area contributed by atoms with Gasteiger partial charge in [-0.2, -0.15) is 18.3 Å². The maximum absolute atomic E-state index is 12.2. The molecular weight excluding hydrogens is 219 g/mol. The number of rotatable bonds is 2. The zero-order valence-electron chi connectivity index (χ0n) is 8.07. The number of alkyl halides is 3. The molecule has 2 aromatic heterocycles. The molecule has 0 spiro atoms. The van der Waals surface area contributed by atoms with Crippen molar-refractivity contribution in [3.63, 3.8) is 0 Å². The molecule has 2 rings (SSSR count). The number of halogens is 3. The van der Waals surface area contributed by atoms with Crippen LogP contribution in [0, 0.1) is 6.07 Å². The van der Waals surface area contributed by atoms with Crippen molar-refractivity contribution in [2.45, 2.75) is 12.7 Å². The van der Waals surface area contributed by atoms with E-state index in [0.717, 1.165) is 6.07 Å². The van der Waals surface area contributed by atoms with E-state index in [1.165, 1.54) is 18.5 Å². The van der Waals surface area contributed by atoms with E-state index < -0.39 is 11.9 Å². The third-order valence-electron chi connectivity index (χ3n) is 1.96. The van der Waals surface area contributed by atoms with Gasteiger partial charge in [0, 0.05) is 18.5 Å². The van der Waals surface area contributed by atoms with Crippen molar-refractivity contribution in [3.8, 4) is 0 Å². The Kier molecular flexibility index (Phi) is 2.64. The molecule has 0 saturated heterocycles. The highest BCUT2D eigenvalue weighted by molar-refractivity contribution is 5.16. The lowest BCUT2D eigenvalue weighted by atomic mass is 10.2. The van der Waals surface area contributed by atoms with E-state index in [0.29, 0.717) is 12.1 Å². The summed E-state index contributed by atoms with van der Waals surface area (Å²) >= 11 is 0. The summed E-state index contributed by atoms with van der Waals surface area (Å²) in [5.74, 6) is 0. The van der Waals surface area contributed by atoms with E-state index in [-0.39, 0.29) is 0 Å². The average Bonchev–Trinajstić information content (AvgIpc) is 2.70. The summed E-state index contributed by atoms with van der Waals surface area (Å²) < 4.78 is 38.2. The molecule has 16 heavy (non-hydrogen) atoms. The fourth-order valence-corrected chi connectivity index (χ4v) is 1.22. The zero-order valence-corrected chi connectivity index (χ0v) is 8.07. The third kappa shape index (κ3) is 2.39. The van der Waals surface area contributed by atoms with Crippen molar-refractivity contribution in [2.75, 3.05) is 0 Å². The van der Waals surface area contributed by atoms with Gasteiger partial charge in [-0.25, -0.2) is 0 Å². The molecule has 0 amide bonds. The number of nitrogens with zero attached hydrogens (tertiary/aromatic N) is 3. The average molecular weight is 226 g/mol. The predicted octanol–water partition coefficient (Wildman–Crippen LogP) is 2.15. The van der Waals surface area contributed by atoms with Gasteiger partial charge in [-0.1, -0.05) is 6.07 Å². The standard InChI is InChI=1S/C10H7F3N3/c11-10(12,13)9-3-2-8(6-14-9)7-16-5-1-4-15-16/h2-6H,7H2. The van der Waals surface area contributed by atoms with Gasteiger partial charge in [-0.05, 0) is 11.6 Å². The molecule has 0 aliphatic rings. The van der Waals surface area contributed by atoms with E-state index in [9.17, 15) is 13.2 Å². The molecule has 83 valence electrons. The Balaban J connectivity index is 2.14. The summed E-state index contributed by atoms with van der Waals surface area (Å²) in [6, 6.07) is 5.08. The van der Waals surface area contributed by atoms with Crippen molar-refractivity contribution < 1.29 is 13.2 Å². The van der Waals surface area contributed by atoms with Crippen LogP contribution in [-0.4, -0.2) is 14.8 Å². The Bertz CT molecular complexity index is 445. The Morgan fingerprint density at radius 2 is 2.12 bits per heavy atom. The van der Waals surface area contributed by atoms with Crippen LogP contribution in [0.4, 0.5) is 13.2 Å². The minimum atomic E-state index is -4.39. The van der Waals surface area contributed by atoms with Gasteiger partial charge in [0.1, 0.15) is 5.69 Å². The lowest BCUT2D eigenvalue weighted by Gasteiger charge is -2.06. The van der Waals surface area contributed by atoms with E-state index >= 15 is 0 Å². The van der Waals surface area contributed by atoms with E-state index in [1.807, 2.05) is 0 Å². The first-order valence-electron chi connectivity index (χ1n) is 4.46. The van der Waals surface area contributed by atoms with Gasteiger partial charge in [0.2, 0.25) is 0 Å². The highest BCUT2D eigenvalue weighted by atomic mass is 19.4. The summed E-state index contributed by atoms with van der Waals surface area (Å²) in [6.07, 6.45) is -0.0995. The van der Waals surface area contributed by atoms with Gasteiger partial charge in [-0.3, -0.25) is 9.67 Å². The summed E-state index contributed by atoms with van der Waals surface area (Å²) in [6.45, 7) is 0.384. The zero-order chi connectivity index (χ0) is 11.6. The van der Waals surface area contributed by atoms with Crippen LogP contribution < -0.4 is 0 Å². The van der Waals surface area contributed by atoms with Gasteiger partial charge in [0.25, 0.3) is 0 Å². The van der Waals surface area contributed by atoms with Crippen LogP contribution in [0.15, 0.2) is 30.7 Å². The summed E-state index contributed by atoms with van der Waals surface area (Å²) in [4.78, 5) is 3.35. The Morgan fingerprint density at radius 3 is 2.62 bits per heavy atom. The lowest BCUT2D eigenvalue weighted by Crippen LogP contribution is -2.08. The maximum atomic E-state index is 12.2. The van der Waals surface area contributed by atoms with E-state index in [4.69, 9.17) is 0 Å². The van der Waals surface area contributed by atoms with Crippen LogP contribution in [0.3, 0.4) is 0 Å². The van der Waals surface area contributed by atoms with Gasteiger partial charge in [0.05, 0.1) is 12.7 Å². The molecule has 6 heteroatoms. The predicted molar refractivity (Wildman–Crippen MR) is 49.4 cm³/mol. The van der Waals surface area contributed by atoms with Crippen LogP contribution >= 0.6 is 0 Å². The Labute approximate surface area is 89.5 Å². The normalized spacial score (nSPS) is 11.7. The summed E-state index contributed by atoms with van der Waals surface area (Å²) in [7, 11) is 0. The number of pyridine rings is 1. The first-order valence-corrected chi connectivity index (χ1v) is 4.46. The van der Waals surface area contributed by atoms with Crippen LogP contribution in [0.1, 0.15) is 11.3 Å². The summed E-state index contributed by atoms with van der Waals surface area (Å²) in [5.41, 5.74) is -0.228. The smallest absolute Gasteiger partial charge is 0.268 e. The van der Waals surface area contributed by atoms with Crippen molar-refractivity contribution >= 4 is 0 Å². The lowest BCUT2D eigenvalue weighted by molar-refractivity contribution is -0.141. The molecule has 0 unspecified atom stereocenters. The first-order chi connectivity index (χ1) is 7.55. The van der Waals surface area contributed by atoms with E-state index in [1.54, 1.807) is 10.9 Å². The second-order valence-electron chi connectivity index (χ2n) is 3.19. The molecule has 0 saturated carbocycles. The van der Waals surface area contributed by atoms with Crippen LogP contribution in [0.25, 0.3) is 0 Å². The number of hydrogen-bond donors (Lipinski definition) is 0. The minimum absolute atomic E-state index is 0.384. The van der Waals surface area contributed by atoms with Gasteiger partial charge in [0.15, 0.2) is 0 Å². The molecular formula is C10H7F3N3. The van der Waals surface area contributed by atoms with Crippen molar-refractivity contribution in [2.24, 2.45) is 0 Å². The van der Waals surface area contributed by atoms with Crippen molar-refractivity contribution in [1.29, 1.82) is 0 Å². The van der Waals surface area contributed by atoms with Crippen LogP contribution in [-0.2, 0) is 12.7 Å². The highest BCUT2D eigenvalue weighted by Gasteiger charge is 2.31. The molecule has 2 heterocycles. The quantitative estimate of drug-likeness (QED) is 0.785. The van der Waals surface area contributed by atoms with Crippen molar-refractivity contribution in [1.82, 2.24) is 14.8 Å². The second kappa shape index (κ2) is 3.96. The van der Waals surface area contributed by atoms with Gasteiger partial charge >= 0.3 is 6.18 Å². The molecule has 0 bridgehead atoms. The van der Waals surface area contributed by atoms with Crippen molar-refractivity contribution in [3.05, 3.63) is 48.0 Å². The largest absolute Gasteiger partial charge is 0.433 e. The number of aromatic nitrogens is 3. The molecule has 0 aliphatic carbocycles. The monoisotopic (exact) mass is 226 g/mol.